The highest BCUT2D eigenvalue weighted by Gasteiger charge is 2.28. The van der Waals surface area contributed by atoms with Crippen LogP contribution >= 0.6 is 0 Å². The molecule has 2 N–H and O–H groups in total. The zero-order valence-electron chi connectivity index (χ0n) is 21.3. The van der Waals surface area contributed by atoms with E-state index in [0.29, 0.717) is 35.5 Å². The predicted molar refractivity (Wildman–Crippen MR) is 146 cm³/mol. The number of fused-ring (bicyclic) bond motifs is 2. The van der Waals surface area contributed by atoms with Gasteiger partial charge in [0.1, 0.15) is 35.2 Å². The van der Waals surface area contributed by atoms with E-state index in [1.165, 1.54) is 12.1 Å². The van der Waals surface area contributed by atoms with Crippen molar-refractivity contribution in [2.75, 3.05) is 0 Å². The number of nitro groups is 2. The Morgan fingerprint density at radius 1 is 0.625 bits per heavy atom. The minimum Gasteiger partial charge on any atom is -0.508 e. The van der Waals surface area contributed by atoms with Gasteiger partial charge >= 0.3 is 0 Å². The van der Waals surface area contributed by atoms with Gasteiger partial charge in [-0.15, -0.1) is 0 Å². The molecular formula is C30H26N2O8. The van der Waals surface area contributed by atoms with E-state index in [1.54, 1.807) is 72.8 Å². The van der Waals surface area contributed by atoms with Crippen LogP contribution in [0.25, 0.3) is 0 Å². The zero-order valence-corrected chi connectivity index (χ0v) is 21.3. The van der Waals surface area contributed by atoms with Gasteiger partial charge < -0.3 is 19.7 Å². The molecule has 2 heterocycles. The summed E-state index contributed by atoms with van der Waals surface area (Å²) >= 11 is 0. The van der Waals surface area contributed by atoms with Crippen molar-refractivity contribution in [2.24, 2.45) is 0 Å². The number of aryl methyl sites for hydroxylation is 2. The van der Waals surface area contributed by atoms with Crippen molar-refractivity contribution in [1.82, 2.24) is 0 Å². The summed E-state index contributed by atoms with van der Waals surface area (Å²) in [5.74, 6) is 1.77. The Labute approximate surface area is 229 Å². The van der Waals surface area contributed by atoms with Crippen molar-refractivity contribution in [2.45, 2.75) is 37.9 Å². The van der Waals surface area contributed by atoms with Gasteiger partial charge in [0.15, 0.2) is 0 Å². The minimum absolute atomic E-state index is 0.0831. The average molecular weight is 543 g/mol. The van der Waals surface area contributed by atoms with Gasteiger partial charge in [0.2, 0.25) is 0 Å². The van der Waals surface area contributed by atoms with Crippen LogP contribution in [0.15, 0.2) is 84.9 Å². The maximum absolute atomic E-state index is 11.1. The fourth-order valence-corrected chi connectivity index (χ4v) is 5.04. The van der Waals surface area contributed by atoms with E-state index < -0.39 is 0 Å². The lowest BCUT2D eigenvalue weighted by molar-refractivity contribution is -0.386. The van der Waals surface area contributed by atoms with Crippen LogP contribution in [-0.2, 0) is 12.8 Å². The summed E-state index contributed by atoms with van der Waals surface area (Å²) in [5, 5.41) is 41.0. The Morgan fingerprint density at radius 3 is 1.43 bits per heavy atom. The fourth-order valence-electron chi connectivity index (χ4n) is 5.04. The Hall–Kier alpha value is -5.12. The zero-order chi connectivity index (χ0) is 28.2. The first-order valence-electron chi connectivity index (χ1n) is 12.7. The van der Waals surface area contributed by atoms with Gasteiger partial charge in [0.05, 0.1) is 21.0 Å². The molecule has 10 nitrogen and oxygen atoms in total. The summed E-state index contributed by atoms with van der Waals surface area (Å²) in [7, 11) is 0. The number of nitrogens with zero attached hydrogens (tertiary/aromatic N) is 2. The largest absolute Gasteiger partial charge is 0.508 e. The number of hydrogen-bond donors (Lipinski definition) is 2. The normalized spacial score (nSPS) is 17.1. The van der Waals surface area contributed by atoms with Gasteiger partial charge in [0, 0.05) is 12.1 Å². The molecule has 0 radical (unpaired) electrons. The second kappa shape index (κ2) is 11.3. The molecule has 2 atom stereocenters. The molecule has 0 fully saturated rings. The molecule has 0 aliphatic carbocycles. The van der Waals surface area contributed by atoms with Gasteiger partial charge in [-0.25, -0.2) is 0 Å². The monoisotopic (exact) mass is 542 g/mol. The molecule has 204 valence electrons. The molecule has 2 aliphatic heterocycles. The summed E-state index contributed by atoms with van der Waals surface area (Å²) in [5.41, 5.74) is 3.21. The Balaban J connectivity index is 0.000000161. The third kappa shape index (κ3) is 5.65. The van der Waals surface area contributed by atoms with E-state index >= 15 is 0 Å². The second-order valence-corrected chi connectivity index (χ2v) is 9.51. The number of phenolic OH excluding ortho intramolecular Hbond substituents is 2. The van der Waals surface area contributed by atoms with Crippen LogP contribution in [0.4, 0.5) is 11.4 Å². The molecule has 4 aromatic rings. The molecule has 0 spiro atoms. The van der Waals surface area contributed by atoms with E-state index in [4.69, 9.17) is 9.47 Å². The third-order valence-corrected chi connectivity index (χ3v) is 6.94. The lowest BCUT2D eigenvalue weighted by Gasteiger charge is -2.26. The molecular weight excluding hydrogens is 516 g/mol. The maximum atomic E-state index is 11.1. The van der Waals surface area contributed by atoms with Gasteiger partial charge in [-0.2, -0.15) is 0 Å². The average Bonchev–Trinajstić information content (AvgIpc) is 2.97. The molecule has 0 amide bonds. The molecule has 10 heteroatoms. The lowest BCUT2D eigenvalue weighted by atomic mass is 9.96. The molecule has 0 saturated carbocycles. The van der Waals surface area contributed by atoms with E-state index in [0.717, 1.165) is 24.0 Å². The van der Waals surface area contributed by atoms with E-state index in [-0.39, 0.29) is 44.9 Å². The highest BCUT2D eigenvalue weighted by molar-refractivity contribution is 5.47. The summed E-state index contributed by atoms with van der Waals surface area (Å²) in [6.07, 6.45) is 2.10. The summed E-state index contributed by atoms with van der Waals surface area (Å²) in [6.45, 7) is 0. The Bertz CT molecular complexity index is 1450. The molecule has 4 aromatic carbocycles. The number of nitro benzene ring substituents is 2. The number of phenols is 2. The number of rotatable bonds is 4. The first-order valence-corrected chi connectivity index (χ1v) is 12.7. The molecule has 6 rings (SSSR count). The third-order valence-electron chi connectivity index (χ3n) is 6.94. The smallest absolute Gasteiger partial charge is 0.276 e. The van der Waals surface area contributed by atoms with Crippen LogP contribution in [0.5, 0.6) is 23.0 Å². The van der Waals surface area contributed by atoms with Gasteiger partial charge in [-0.3, -0.25) is 20.2 Å². The van der Waals surface area contributed by atoms with E-state index in [1.807, 2.05) is 0 Å². The topological polar surface area (TPSA) is 145 Å². The predicted octanol–water partition coefficient (Wildman–Crippen LogP) is 6.73. The van der Waals surface area contributed by atoms with E-state index in [9.17, 15) is 30.4 Å². The first kappa shape index (κ1) is 26.5. The quantitative estimate of drug-likeness (QED) is 0.213. The van der Waals surface area contributed by atoms with E-state index in [2.05, 4.69) is 0 Å². The van der Waals surface area contributed by atoms with Crippen LogP contribution < -0.4 is 9.47 Å². The number of para-hydroxylation sites is 2. The number of ether oxygens (including phenoxy) is 2. The molecule has 0 bridgehead atoms. The standard InChI is InChI=1S/2C15H13NO4/c2*17-11-6-8-14-10(9-11)5-7-15(20-14)12-3-1-2-4-13(12)16(18)19/h2*1-4,6,8-9,15,17H,5,7H2. The summed E-state index contributed by atoms with van der Waals surface area (Å²) < 4.78 is 11.7. The molecule has 40 heavy (non-hydrogen) atoms. The molecule has 2 unspecified atom stereocenters. The second-order valence-electron chi connectivity index (χ2n) is 9.51. The maximum Gasteiger partial charge on any atom is 0.276 e. The summed E-state index contributed by atoms with van der Waals surface area (Å²) in [6, 6.07) is 23.1. The molecule has 0 aromatic heterocycles. The van der Waals surface area contributed by atoms with Gasteiger partial charge in [-0.05, 0) is 85.3 Å². The van der Waals surface area contributed by atoms with Crippen LogP contribution in [-0.4, -0.2) is 20.1 Å². The SMILES string of the molecule is O=[N+]([O-])c1ccccc1C1CCc2cc(O)ccc2O1.O=[N+]([O-])c1ccccc1C1CCc2cc(O)ccc2O1. The van der Waals surface area contributed by atoms with Crippen LogP contribution in [0.2, 0.25) is 0 Å². The van der Waals surface area contributed by atoms with Gasteiger partial charge in [0.25, 0.3) is 11.4 Å². The van der Waals surface area contributed by atoms with Gasteiger partial charge in [-0.1, -0.05) is 24.3 Å². The van der Waals surface area contributed by atoms with Crippen molar-refractivity contribution in [3.63, 3.8) is 0 Å². The Morgan fingerprint density at radius 2 is 1.02 bits per heavy atom. The van der Waals surface area contributed by atoms with Crippen molar-refractivity contribution < 1.29 is 29.5 Å². The molecule has 0 saturated heterocycles. The Kier molecular flexibility index (Phi) is 7.50. The number of hydrogen-bond acceptors (Lipinski definition) is 8. The van der Waals surface area contributed by atoms with Crippen LogP contribution in [0, 0.1) is 20.2 Å². The van der Waals surface area contributed by atoms with Crippen molar-refractivity contribution in [1.29, 1.82) is 0 Å². The summed E-state index contributed by atoms with van der Waals surface area (Å²) in [4.78, 5) is 21.4. The number of benzene rings is 4. The fraction of sp³-hybridized carbons (Fsp3) is 0.200. The molecule has 2 aliphatic rings. The van der Waals surface area contributed by atoms with Crippen molar-refractivity contribution >= 4 is 11.4 Å². The van der Waals surface area contributed by atoms with Crippen LogP contribution in [0.3, 0.4) is 0 Å². The first-order chi connectivity index (χ1) is 19.3. The highest BCUT2D eigenvalue weighted by Crippen LogP contribution is 2.40. The lowest BCUT2D eigenvalue weighted by Crippen LogP contribution is -2.16. The van der Waals surface area contributed by atoms with Crippen molar-refractivity contribution in [3.05, 3.63) is 127 Å². The van der Waals surface area contributed by atoms with Crippen molar-refractivity contribution in [3.8, 4) is 23.0 Å². The highest BCUT2D eigenvalue weighted by atomic mass is 16.6. The minimum atomic E-state index is -0.384. The number of aromatic hydroxyl groups is 2. The van der Waals surface area contributed by atoms with Crippen LogP contribution in [0.1, 0.15) is 47.3 Å².